The van der Waals surface area contributed by atoms with Crippen molar-refractivity contribution in [3.8, 4) is 0 Å². The number of fused-ring (bicyclic) bond motifs is 4. The Hall–Kier alpha value is -3.78. The maximum absolute atomic E-state index is 14.7. The van der Waals surface area contributed by atoms with Crippen molar-refractivity contribution in [1.29, 1.82) is 0 Å². The SMILES string of the molecule is Cc1ccc2c(c1)CC1(C2=O)C(c2ccccc2)C2C(=O)c3ccc(C)cc3C2C1c1ccccc1. The molecule has 176 valence electrons. The Bertz CT molecular complexity index is 1530. The third-order valence-corrected chi connectivity index (χ3v) is 9.08. The van der Waals surface area contributed by atoms with Crippen LogP contribution < -0.4 is 0 Å². The summed E-state index contributed by atoms with van der Waals surface area (Å²) >= 11 is 0. The van der Waals surface area contributed by atoms with E-state index in [0.717, 1.165) is 38.9 Å². The lowest BCUT2D eigenvalue weighted by Crippen LogP contribution is -2.38. The van der Waals surface area contributed by atoms with Gasteiger partial charge in [0.25, 0.3) is 0 Å². The molecule has 1 spiro atoms. The number of ketones is 2. The molecule has 0 saturated heterocycles. The molecule has 0 radical (unpaired) electrons. The predicted octanol–water partition coefficient (Wildman–Crippen LogP) is 7.21. The van der Waals surface area contributed by atoms with Crippen LogP contribution in [0.3, 0.4) is 0 Å². The summed E-state index contributed by atoms with van der Waals surface area (Å²) in [6.07, 6.45) is 0.670. The first-order valence-electron chi connectivity index (χ1n) is 12.9. The molecule has 0 bridgehead atoms. The molecule has 0 amide bonds. The molecular weight excluding hydrogens is 440 g/mol. The number of carbonyl (C=O) groups excluding carboxylic acids is 2. The van der Waals surface area contributed by atoms with E-state index in [-0.39, 0.29) is 35.2 Å². The Labute approximate surface area is 212 Å². The van der Waals surface area contributed by atoms with Crippen LogP contribution in [0.5, 0.6) is 0 Å². The van der Waals surface area contributed by atoms with E-state index in [2.05, 4.69) is 62.4 Å². The summed E-state index contributed by atoms with van der Waals surface area (Å²) in [5.74, 6) is -0.151. The molecule has 3 aliphatic rings. The normalized spacial score (nSPS) is 27.8. The molecule has 5 unspecified atom stereocenters. The van der Waals surface area contributed by atoms with Gasteiger partial charge >= 0.3 is 0 Å². The zero-order valence-electron chi connectivity index (χ0n) is 20.6. The highest BCUT2D eigenvalue weighted by Gasteiger charge is 2.70. The third-order valence-electron chi connectivity index (χ3n) is 9.08. The van der Waals surface area contributed by atoms with Crippen molar-refractivity contribution in [3.63, 3.8) is 0 Å². The average Bonchev–Trinajstić information content (AvgIpc) is 3.45. The molecule has 3 aliphatic carbocycles. The Morgan fingerprint density at radius 3 is 1.83 bits per heavy atom. The zero-order valence-corrected chi connectivity index (χ0v) is 20.6. The molecule has 0 N–H and O–H groups in total. The molecule has 1 saturated carbocycles. The first-order chi connectivity index (χ1) is 17.5. The van der Waals surface area contributed by atoms with E-state index in [4.69, 9.17) is 0 Å². The summed E-state index contributed by atoms with van der Waals surface area (Å²) in [7, 11) is 0. The number of benzene rings is 4. The van der Waals surface area contributed by atoms with Crippen molar-refractivity contribution in [3.05, 3.63) is 142 Å². The molecule has 4 aromatic carbocycles. The largest absolute Gasteiger partial charge is 0.294 e. The van der Waals surface area contributed by atoms with Crippen molar-refractivity contribution in [2.24, 2.45) is 11.3 Å². The minimum atomic E-state index is -0.703. The first kappa shape index (κ1) is 21.5. The van der Waals surface area contributed by atoms with Crippen LogP contribution in [0.25, 0.3) is 0 Å². The van der Waals surface area contributed by atoms with Crippen LogP contribution in [0.1, 0.15) is 71.9 Å². The lowest BCUT2D eigenvalue weighted by atomic mass is 9.62. The highest BCUT2D eigenvalue weighted by molar-refractivity contribution is 6.11. The fourth-order valence-corrected chi connectivity index (χ4v) is 7.87. The van der Waals surface area contributed by atoms with Gasteiger partial charge in [-0.1, -0.05) is 108 Å². The van der Waals surface area contributed by atoms with Gasteiger partial charge in [-0.2, -0.15) is 0 Å². The van der Waals surface area contributed by atoms with Gasteiger partial charge in [0.1, 0.15) is 0 Å². The summed E-state index contributed by atoms with van der Waals surface area (Å²) in [6, 6.07) is 33.3. The zero-order chi connectivity index (χ0) is 24.6. The molecule has 0 aromatic heterocycles. The summed E-state index contributed by atoms with van der Waals surface area (Å²) in [5.41, 5.74) is 7.79. The predicted molar refractivity (Wildman–Crippen MR) is 142 cm³/mol. The highest BCUT2D eigenvalue weighted by atomic mass is 16.1. The van der Waals surface area contributed by atoms with Crippen LogP contribution in [0.4, 0.5) is 0 Å². The lowest BCUT2D eigenvalue weighted by Gasteiger charge is -2.38. The maximum atomic E-state index is 14.7. The van der Waals surface area contributed by atoms with Gasteiger partial charge in [0.2, 0.25) is 0 Å². The van der Waals surface area contributed by atoms with E-state index in [0.29, 0.717) is 6.42 Å². The number of hydrogen-bond acceptors (Lipinski definition) is 2. The van der Waals surface area contributed by atoms with Gasteiger partial charge in [-0.05, 0) is 42.5 Å². The van der Waals surface area contributed by atoms with Crippen LogP contribution in [0.2, 0.25) is 0 Å². The minimum Gasteiger partial charge on any atom is -0.294 e. The molecule has 5 atom stereocenters. The molecule has 2 nitrogen and oxygen atoms in total. The van der Waals surface area contributed by atoms with E-state index in [9.17, 15) is 9.59 Å². The van der Waals surface area contributed by atoms with Gasteiger partial charge in [-0.15, -0.1) is 0 Å². The van der Waals surface area contributed by atoms with E-state index in [1.807, 2.05) is 48.5 Å². The summed E-state index contributed by atoms with van der Waals surface area (Å²) in [5, 5.41) is 0. The number of carbonyl (C=O) groups is 2. The van der Waals surface area contributed by atoms with Crippen molar-refractivity contribution in [2.75, 3.05) is 0 Å². The van der Waals surface area contributed by atoms with Crippen LogP contribution in [0.15, 0.2) is 97.1 Å². The first-order valence-corrected chi connectivity index (χ1v) is 12.9. The monoisotopic (exact) mass is 468 g/mol. The number of rotatable bonds is 2. The summed E-state index contributed by atoms with van der Waals surface area (Å²) in [6.45, 7) is 4.18. The smallest absolute Gasteiger partial charge is 0.170 e. The Balaban J connectivity index is 1.56. The Morgan fingerprint density at radius 2 is 1.19 bits per heavy atom. The lowest BCUT2D eigenvalue weighted by molar-refractivity contribution is 0.0745. The summed E-state index contributed by atoms with van der Waals surface area (Å²) in [4.78, 5) is 28.9. The Kier molecular flexibility index (Phi) is 4.54. The van der Waals surface area contributed by atoms with E-state index in [1.165, 1.54) is 5.56 Å². The molecule has 7 rings (SSSR count). The topological polar surface area (TPSA) is 34.1 Å². The van der Waals surface area contributed by atoms with Gasteiger partial charge < -0.3 is 0 Å². The molecule has 1 fully saturated rings. The van der Waals surface area contributed by atoms with Crippen molar-refractivity contribution < 1.29 is 9.59 Å². The highest BCUT2D eigenvalue weighted by Crippen LogP contribution is 2.72. The van der Waals surface area contributed by atoms with Crippen LogP contribution in [-0.4, -0.2) is 11.6 Å². The van der Waals surface area contributed by atoms with Gasteiger partial charge in [-0.25, -0.2) is 0 Å². The molecule has 36 heavy (non-hydrogen) atoms. The van der Waals surface area contributed by atoms with Crippen molar-refractivity contribution in [2.45, 2.75) is 38.0 Å². The Morgan fingerprint density at radius 1 is 0.639 bits per heavy atom. The number of hydrogen-bond donors (Lipinski definition) is 0. The van der Waals surface area contributed by atoms with Gasteiger partial charge in [-0.3, -0.25) is 9.59 Å². The van der Waals surface area contributed by atoms with Crippen molar-refractivity contribution >= 4 is 11.6 Å². The fourth-order valence-electron chi connectivity index (χ4n) is 7.87. The van der Waals surface area contributed by atoms with E-state index < -0.39 is 5.41 Å². The number of aryl methyl sites for hydroxylation is 2. The second-order valence-electron chi connectivity index (χ2n) is 11.0. The van der Waals surface area contributed by atoms with Gasteiger partial charge in [0, 0.05) is 34.8 Å². The molecule has 0 aliphatic heterocycles. The molecular formula is C34H28O2. The number of Topliss-reactive ketones (excluding diaryl/α,β-unsaturated/α-hetero) is 2. The van der Waals surface area contributed by atoms with Crippen LogP contribution in [-0.2, 0) is 6.42 Å². The second-order valence-corrected chi connectivity index (χ2v) is 11.0. The average molecular weight is 469 g/mol. The van der Waals surface area contributed by atoms with E-state index >= 15 is 0 Å². The maximum Gasteiger partial charge on any atom is 0.170 e. The molecule has 2 heteroatoms. The van der Waals surface area contributed by atoms with E-state index in [1.54, 1.807) is 0 Å². The second kappa shape index (κ2) is 7.61. The molecule has 4 aromatic rings. The van der Waals surface area contributed by atoms with Crippen LogP contribution >= 0.6 is 0 Å². The molecule has 0 heterocycles. The minimum absolute atomic E-state index is 0.0284. The quantitative estimate of drug-likeness (QED) is 0.312. The third kappa shape index (κ3) is 2.73. The van der Waals surface area contributed by atoms with Gasteiger partial charge in [0.05, 0.1) is 5.41 Å². The van der Waals surface area contributed by atoms with Crippen LogP contribution in [0, 0.1) is 25.2 Å². The summed E-state index contributed by atoms with van der Waals surface area (Å²) < 4.78 is 0. The van der Waals surface area contributed by atoms with Crippen molar-refractivity contribution in [1.82, 2.24) is 0 Å². The van der Waals surface area contributed by atoms with Gasteiger partial charge in [0.15, 0.2) is 11.6 Å². The standard InChI is InChI=1S/C34H28O2/c1-20-13-15-25-24(17-20)19-34(33(25)36)30(22-9-5-3-6-10-22)28-27-18-21(2)14-16-26(27)32(35)29(28)31(34)23-11-7-4-8-12-23/h3-18,28-31H,19H2,1-2H3. The fraction of sp³-hybridized carbons (Fsp3) is 0.235.